The number of ether oxygens (including phenoxy) is 1. The first kappa shape index (κ1) is 12.8. The van der Waals surface area contributed by atoms with E-state index in [1.807, 2.05) is 19.9 Å². The first-order chi connectivity index (χ1) is 7.52. The van der Waals surface area contributed by atoms with Gasteiger partial charge in [-0.2, -0.15) is 0 Å². The summed E-state index contributed by atoms with van der Waals surface area (Å²) in [7, 11) is 1.57. The lowest BCUT2D eigenvalue weighted by Gasteiger charge is -2.12. The molecule has 0 aromatic heterocycles. The molecular weight excluding hydrogens is 272 g/mol. The lowest BCUT2D eigenvalue weighted by molar-refractivity contribution is 0.241. The average molecular weight is 287 g/mol. The van der Waals surface area contributed by atoms with E-state index in [2.05, 4.69) is 26.6 Å². The van der Waals surface area contributed by atoms with Crippen LogP contribution in [0.3, 0.4) is 0 Å². The minimum atomic E-state index is -0.246. The first-order valence-corrected chi connectivity index (χ1v) is 5.77. The van der Waals surface area contributed by atoms with E-state index in [9.17, 15) is 4.79 Å². The van der Waals surface area contributed by atoms with E-state index in [-0.39, 0.29) is 12.1 Å². The van der Waals surface area contributed by atoms with Gasteiger partial charge >= 0.3 is 6.03 Å². The molecule has 0 saturated carbocycles. The Labute approximate surface area is 103 Å². The summed E-state index contributed by atoms with van der Waals surface area (Å²) in [4.78, 5) is 11.1. The number of carbonyl (C=O) groups is 1. The highest BCUT2D eigenvalue weighted by Gasteiger charge is 2.05. The molecule has 0 aliphatic carbocycles. The maximum Gasteiger partial charge on any atom is 0.318 e. The Kier molecular flexibility index (Phi) is 4.61. The Bertz CT molecular complexity index is 380. The van der Waals surface area contributed by atoms with E-state index >= 15 is 0 Å². The second-order valence-corrected chi connectivity index (χ2v) is 4.37. The molecule has 4 nitrogen and oxygen atoms in total. The van der Waals surface area contributed by atoms with Gasteiger partial charge < -0.3 is 15.4 Å². The zero-order valence-electron chi connectivity index (χ0n) is 9.50. The predicted molar refractivity (Wildman–Crippen MR) is 68.0 cm³/mol. The average Bonchev–Trinajstić information content (AvgIpc) is 2.21. The maximum absolute atomic E-state index is 11.1. The fourth-order valence-electron chi connectivity index (χ4n) is 1.12. The zero-order valence-corrected chi connectivity index (χ0v) is 11.1. The first-order valence-electron chi connectivity index (χ1n) is 4.98. The third kappa shape index (κ3) is 3.73. The summed E-state index contributed by atoms with van der Waals surface area (Å²) in [5.74, 6) is 0.762. The largest absolute Gasteiger partial charge is 0.490 e. The molecule has 0 aliphatic rings. The fourth-order valence-corrected chi connectivity index (χ4v) is 1.59. The highest BCUT2D eigenvalue weighted by atomic mass is 79.9. The second-order valence-electron chi connectivity index (χ2n) is 3.52. The number of nitrogens with one attached hydrogen (secondary N) is 2. The second kappa shape index (κ2) is 5.75. The molecule has 88 valence electrons. The molecule has 0 saturated heterocycles. The van der Waals surface area contributed by atoms with Gasteiger partial charge in [-0.1, -0.05) is 0 Å². The van der Waals surface area contributed by atoms with Gasteiger partial charge in [0.25, 0.3) is 0 Å². The van der Waals surface area contributed by atoms with Crippen molar-refractivity contribution in [2.45, 2.75) is 20.0 Å². The van der Waals surface area contributed by atoms with Crippen molar-refractivity contribution in [2.75, 3.05) is 12.4 Å². The van der Waals surface area contributed by atoms with Gasteiger partial charge in [-0.3, -0.25) is 0 Å². The van der Waals surface area contributed by atoms with E-state index < -0.39 is 0 Å². The third-order valence-corrected chi connectivity index (χ3v) is 2.40. The van der Waals surface area contributed by atoms with Gasteiger partial charge in [0.15, 0.2) is 0 Å². The van der Waals surface area contributed by atoms with Crippen LogP contribution >= 0.6 is 15.9 Å². The summed E-state index contributed by atoms with van der Waals surface area (Å²) in [5.41, 5.74) is 0.710. The summed E-state index contributed by atoms with van der Waals surface area (Å²) < 4.78 is 6.37. The zero-order chi connectivity index (χ0) is 12.1. The maximum atomic E-state index is 11.1. The van der Waals surface area contributed by atoms with Crippen molar-refractivity contribution in [3.05, 3.63) is 22.7 Å². The highest BCUT2D eigenvalue weighted by Crippen LogP contribution is 2.28. The van der Waals surface area contributed by atoms with Gasteiger partial charge in [-0.15, -0.1) is 0 Å². The molecular formula is C11H15BrN2O2. The number of carbonyl (C=O) groups excluding carboxylic acids is 1. The lowest BCUT2D eigenvalue weighted by atomic mass is 10.3. The van der Waals surface area contributed by atoms with Crippen LogP contribution in [0.25, 0.3) is 0 Å². The van der Waals surface area contributed by atoms with Crippen LogP contribution in [0.5, 0.6) is 5.75 Å². The van der Waals surface area contributed by atoms with Gasteiger partial charge in [0.2, 0.25) is 0 Å². The van der Waals surface area contributed by atoms with Crippen LogP contribution in [0.2, 0.25) is 0 Å². The van der Waals surface area contributed by atoms with Crippen LogP contribution in [0.4, 0.5) is 10.5 Å². The van der Waals surface area contributed by atoms with E-state index in [1.165, 1.54) is 0 Å². The number of halogens is 1. The van der Waals surface area contributed by atoms with Crippen molar-refractivity contribution >= 4 is 27.6 Å². The van der Waals surface area contributed by atoms with Crippen molar-refractivity contribution in [1.29, 1.82) is 0 Å². The van der Waals surface area contributed by atoms with Crippen molar-refractivity contribution in [1.82, 2.24) is 5.32 Å². The summed E-state index contributed by atoms with van der Waals surface area (Å²) in [5, 5.41) is 5.16. The Hall–Kier alpha value is -1.23. The van der Waals surface area contributed by atoms with Gasteiger partial charge in [-0.25, -0.2) is 4.79 Å². The molecule has 1 rings (SSSR count). The summed E-state index contributed by atoms with van der Waals surface area (Å²) >= 11 is 3.39. The Morgan fingerprint density at radius 2 is 2.12 bits per heavy atom. The molecule has 1 aromatic rings. The van der Waals surface area contributed by atoms with Crippen LogP contribution in [-0.4, -0.2) is 19.2 Å². The standard InChI is InChI=1S/C11H15BrN2O2/c1-7(2)16-10-5-4-8(6-9(10)12)14-11(15)13-3/h4-7H,1-3H3,(H2,13,14,15). The van der Waals surface area contributed by atoms with E-state index in [1.54, 1.807) is 19.2 Å². The molecule has 0 atom stereocenters. The Balaban J connectivity index is 2.78. The van der Waals surface area contributed by atoms with Crippen molar-refractivity contribution < 1.29 is 9.53 Å². The van der Waals surface area contributed by atoms with Crippen LogP contribution < -0.4 is 15.4 Å². The number of hydrogen-bond acceptors (Lipinski definition) is 2. The number of hydrogen-bond donors (Lipinski definition) is 2. The molecule has 0 aliphatic heterocycles. The van der Waals surface area contributed by atoms with Gasteiger partial charge in [-0.05, 0) is 48.0 Å². The fraction of sp³-hybridized carbons (Fsp3) is 0.364. The lowest BCUT2D eigenvalue weighted by Crippen LogP contribution is -2.24. The Morgan fingerprint density at radius 1 is 1.44 bits per heavy atom. The van der Waals surface area contributed by atoms with Gasteiger partial charge in [0.1, 0.15) is 5.75 Å². The van der Waals surface area contributed by atoms with E-state index in [0.717, 1.165) is 10.2 Å². The number of rotatable bonds is 3. The summed E-state index contributed by atoms with van der Waals surface area (Å²) in [6.07, 6.45) is 0.119. The highest BCUT2D eigenvalue weighted by molar-refractivity contribution is 9.10. The van der Waals surface area contributed by atoms with Crippen LogP contribution in [0.15, 0.2) is 22.7 Å². The van der Waals surface area contributed by atoms with Gasteiger partial charge in [0, 0.05) is 12.7 Å². The van der Waals surface area contributed by atoms with Crippen LogP contribution in [-0.2, 0) is 0 Å². The van der Waals surface area contributed by atoms with E-state index in [4.69, 9.17) is 4.74 Å². The number of anilines is 1. The van der Waals surface area contributed by atoms with Crippen molar-refractivity contribution in [3.63, 3.8) is 0 Å². The molecule has 1 aromatic carbocycles. The number of urea groups is 1. The van der Waals surface area contributed by atoms with Crippen molar-refractivity contribution in [3.8, 4) is 5.75 Å². The number of benzene rings is 1. The summed E-state index contributed by atoms with van der Waals surface area (Å²) in [6.45, 7) is 3.92. The normalized spacial score (nSPS) is 10.1. The molecule has 16 heavy (non-hydrogen) atoms. The molecule has 2 N–H and O–H groups in total. The molecule has 0 radical (unpaired) electrons. The van der Waals surface area contributed by atoms with Gasteiger partial charge in [0.05, 0.1) is 10.6 Å². The molecule has 0 bridgehead atoms. The Morgan fingerprint density at radius 3 is 2.62 bits per heavy atom. The number of amides is 2. The topological polar surface area (TPSA) is 50.4 Å². The minimum absolute atomic E-state index is 0.119. The smallest absolute Gasteiger partial charge is 0.318 e. The molecule has 2 amide bonds. The van der Waals surface area contributed by atoms with E-state index in [0.29, 0.717) is 5.69 Å². The third-order valence-electron chi connectivity index (χ3n) is 1.78. The predicted octanol–water partition coefficient (Wildman–Crippen LogP) is 2.99. The van der Waals surface area contributed by atoms with Crippen LogP contribution in [0.1, 0.15) is 13.8 Å². The summed E-state index contributed by atoms with van der Waals surface area (Å²) in [6, 6.07) is 5.16. The van der Waals surface area contributed by atoms with Crippen molar-refractivity contribution in [2.24, 2.45) is 0 Å². The molecule has 0 fully saturated rings. The molecule has 5 heteroatoms. The SMILES string of the molecule is CNC(=O)Nc1ccc(OC(C)C)c(Br)c1. The minimum Gasteiger partial charge on any atom is -0.490 e. The monoisotopic (exact) mass is 286 g/mol. The molecule has 0 unspecified atom stereocenters. The van der Waals surface area contributed by atoms with Crippen LogP contribution in [0, 0.1) is 0 Å². The molecule has 0 spiro atoms. The quantitative estimate of drug-likeness (QED) is 0.898. The molecule has 0 heterocycles.